The van der Waals surface area contributed by atoms with E-state index in [-0.39, 0.29) is 32.1 Å². The van der Waals surface area contributed by atoms with Gasteiger partial charge < -0.3 is 20.1 Å². The van der Waals surface area contributed by atoms with E-state index in [9.17, 15) is 24.2 Å². The van der Waals surface area contributed by atoms with Gasteiger partial charge in [0.05, 0.1) is 13.2 Å². The molecule has 9 nitrogen and oxygen atoms in total. The quantitative estimate of drug-likeness (QED) is 0.0239. The Bertz CT molecular complexity index is 1130. The topological polar surface area (TPSA) is 131 Å². The number of unbranched alkanes of at least 4 members (excludes halogenated alkanes) is 20. The smallest absolute Gasteiger partial charge is 0.463 e. The van der Waals surface area contributed by atoms with Gasteiger partial charge in [-0.25, -0.2) is 4.57 Å². The Labute approximate surface area is 355 Å². The molecule has 0 aromatic rings. The van der Waals surface area contributed by atoms with E-state index in [1.165, 1.54) is 89.9 Å². The predicted molar refractivity (Wildman–Crippen MR) is 243 cm³/mol. The standard InChI is InChI=1S/C48H86NO8P/c1-3-5-7-9-11-13-15-17-19-20-21-22-23-24-25-26-27-28-30-32-34-36-38-40-47(51)49-42-43-56-58(53,54)57-45-46(50)44-55-48(52)41-39-37-35-33-31-29-18-16-14-12-10-8-6-4-2/h11,13,16-19,21-22,24-25,46,50H,3-10,12,14-15,20,23,26-45H2,1-2H3,(H,49,51)(H,53,54)/b13-11-,18-16-,19-17-,22-21-,25-24-. The lowest BCUT2D eigenvalue weighted by molar-refractivity contribution is -0.147. The third kappa shape index (κ3) is 44.8. The van der Waals surface area contributed by atoms with Crippen molar-refractivity contribution in [1.82, 2.24) is 5.32 Å². The van der Waals surface area contributed by atoms with Gasteiger partial charge in [-0.3, -0.25) is 18.6 Å². The Hall–Kier alpha value is -2.29. The molecule has 1 amide bonds. The van der Waals surface area contributed by atoms with Crippen molar-refractivity contribution >= 4 is 19.7 Å². The molecule has 58 heavy (non-hydrogen) atoms. The van der Waals surface area contributed by atoms with Crippen molar-refractivity contribution in [2.24, 2.45) is 0 Å². The fourth-order valence-corrected chi connectivity index (χ4v) is 6.88. The van der Waals surface area contributed by atoms with Gasteiger partial charge in [-0.15, -0.1) is 0 Å². The van der Waals surface area contributed by atoms with Crippen LogP contribution in [0.4, 0.5) is 0 Å². The van der Waals surface area contributed by atoms with Gasteiger partial charge in [0.25, 0.3) is 0 Å². The van der Waals surface area contributed by atoms with Crippen LogP contribution in [0.2, 0.25) is 0 Å². The molecule has 0 spiro atoms. The Kier molecular flexibility index (Phi) is 42.5. The van der Waals surface area contributed by atoms with Crippen LogP contribution in [0, 0.1) is 0 Å². The number of phosphoric acid groups is 1. The molecule has 0 bridgehead atoms. The molecular weight excluding hydrogens is 750 g/mol. The minimum absolute atomic E-state index is 0.0721. The zero-order valence-electron chi connectivity index (χ0n) is 37.0. The highest BCUT2D eigenvalue weighted by molar-refractivity contribution is 7.47. The summed E-state index contributed by atoms with van der Waals surface area (Å²) in [4.78, 5) is 33.9. The largest absolute Gasteiger partial charge is 0.472 e. The molecule has 0 heterocycles. The van der Waals surface area contributed by atoms with Gasteiger partial charge in [-0.2, -0.15) is 0 Å². The molecule has 10 heteroatoms. The number of carbonyl (C=O) groups excluding carboxylic acids is 2. The summed E-state index contributed by atoms with van der Waals surface area (Å²) in [7, 11) is -4.43. The van der Waals surface area contributed by atoms with Crippen molar-refractivity contribution in [3.05, 3.63) is 60.8 Å². The first kappa shape index (κ1) is 55.7. The number of phosphoric ester groups is 1. The van der Waals surface area contributed by atoms with E-state index in [0.29, 0.717) is 6.42 Å². The second-order valence-corrected chi connectivity index (χ2v) is 16.8. The highest BCUT2D eigenvalue weighted by atomic mass is 31.2. The number of esters is 1. The number of aliphatic hydroxyl groups is 1. The summed E-state index contributed by atoms with van der Waals surface area (Å²) in [5.74, 6) is -0.537. The average molecular weight is 836 g/mol. The van der Waals surface area contributed by atoms with Crippen molar-refractivity contribution in [3.63, 3.8) is 0 Å². The van der Waals surface area contributed by atoms with Gasteiger partial charge >= 0.3 is 13.8 Å². The molecule has 0 rings (SSSR count). The zero-order valence-corrected chi connectivity index (χ0v) is 37.9. The lowest BCUT2D eigenvalue weighted by Gasteiger charge is -2.15. The highest BCUT2D eigenvalue weighted by Crippen LogP contribution is 2.42. The molecule has 0 aromatic carbocycles. The Morgan fingerprint density at radius 1 is 0.534 bits per heavy atom. The SMILES string of the molecule is CCCCC/C=C\C/C=C\C/C=C\C/C=C\CCCCCCCCCC(=O)NCCOP(=O)(O)OCC(O)COC(=O)CCCCCCC/C=C\CCCCCCC. The van der Waals surface area contributed by atoms with Gasteiger partial charge in [0, 0.05) is 19.4 Å². The van der Waals surface area contributed by atoms with Crippen LogP contribution in [-0.4, -0.2) is 54.3 Å². The maximum Gasteiger partial charge on any atom is 0.472 e. The second-order valence-electron chi connectivity index (χ2n) is 15.4. The van der Waals surface area contributed by atoms with Crippen molar-refractivity contribution < 1.29 is 37.9 Å². The molecule has 2 unspecified atom stereocenters. The summed E-state index contributed by atoms with van der Waals surface area (Å²) in [6.07, 6.45) is 52.9. The lowest BCUT2D eigenvalue weighted by Crippen LogP contribution is -2.27. The number of hydrogen-bond acceptors (Lipinski definition) is 7. The number of carbonyl (C=O) groups is 2. The van der Waals surface area contributed by atoms with Gasteiger partial charge in [-0.1, -0.05) is 164 Å². The van der Waals surface area contributed by atoms with Crippen LogP contribution in [0.1, 0.15) is 200 Å². The fraction of sp³-hybridized carbons (Fsp3) is 0.750. The molecular formula is C48H86NO8P. The Morgan fingerprint density at radius 2 is 0.931 bits per heavy atom. The van der Waals surface area contributed by atoms with Crippen molar-refractivity contribution in [3.8, 4) is 0 Å². The van der Waals surface area contributed by atoms with Crippen LogP contribution in [-0.2, 0) is 27.9 Å². The third-order valence-corrected chi connectivity index (χ3v) is 10.7. The molecule has 2 atom stereocenters. The predicted octanol–water partition coefficient (Wildman–Crippen LogP) is 13.3. The second kappa shape index (κ2) is 44.3. The summed E-state index contributed by atoms with van der Waals surface area (Å²) in [5.41, 5.74) is 0. The molecule has 0 saturated heterocycles. The maximum atomic E-state index is 12.1. The minimum Gasteiger partial charge on any atom is -0.463 e. The number of amides is 1. The average Bonchev–Trinajstić information content (AvgIpc) is 3.21. The monoisotopic (exact) mass is 836 g/mol. The van der Waals surface area contributed by atoms with E-state index < -0.39 is 26.5 Å². The van der Waals surface area contributed by atoms with Crippen LogP contribution in [0.15, 0.2) is 60.8 Å². The van der Waals surface area contributed by atoms with Gasteiger partial charge in [0.15, 0.2) is 0 Å². The van der Waals surface area contributed by atoms with E-state index >= 15 is 0 Å². The summed E-state index contributed by atoms with van der Waals surface area (Å²) in [6.45, 7) is 3.49. The van der Waals surface area contributed by atoms with Crippen LogP contribution in [0.3, 0.4) is 0 Å². The number of nitrogens with one attached hydrogen (secondary N) is 1. The molecule has 0 aliphatic carbocycles. The van der Waals surface area contributed by atoms with Crippen LogP contribution >= 0.6 is 7.82 Å². The molecule has 3 N–H and O–H groups in total. The third-order valence-electron chi connectivity index (χ3n) is 9.67. The first-order valence-electron chi connectivity index (χ1n) is 23.3. The molecule has 0 aliphatic heterocycles. The van der Waals surface area contributed by atoms with Gasteiger partial charge in [0.1, 0.15) is 12.7 Å². The molecule has 0 saturated carbocycles. The van der Waals surface area contributed by atoms with Gasteiger partial charge in [0.2, 0.25) is 5.91 Å². The van der Waals surface area contributed by atoms with Crippen molar-refractivity contribution in [2.75, 3.05) is 26.4 Å². The lowest BCUT2D eigenvalue weighted by atomic mass is 10.1. The number of ether oxygens (including phenoxy) is 1. The molecule has 0 radical (unpaired) electrons. The van der Waals surface area contributed by atoms with Crippen LogP contribution in [0.25, 0.3) is 0 Å². The summed E-state index contributed by atoms with van der Waals surface area (Å²) >= 11 is 0. The van der Waals surface area contributed by atoms with E-state index in [0.717, 1.165) is 83.5 Å². The first-order chi connectivity index (χ1) is 28.3. The van der Waals surface area contributed by atoms with E-state index in [1.54, 1.807) is 0 Å². The van der Waals surface area contributed by atoms with E-state index in [2.05, 4.69) is 79.9 Å². The maximum absolute atomic E-state index is 12.1. The van der Waals surface area contributed by atoms with Gasteiger partial charge in [-0.05, 0) is 83.5 Å². The first-order valence-corrected chi connectivity index (χ1v) is 24.8. The number of allylic oxidation sites excluding steroid dienone is 10. The van der Waals surface area contributed by atoms with Crippen LogP contribution < -0.4 is 5.32 Å². The summed E-state index contributed by atoms with van der Waals surface area (Å²) < 4.78 is 26.9. The number of rotatable bonds is 43. The Balaban J connectivity index is 3.62. The fourth-order valence-electron chi connectivity index (χ4n) is 6.12. The van der Waals surface area contributed by atoms with Crippen molar-refractivity contribution in [1.29, 1.82) is 0 Å². The molecule has 0 fully saturated rings. The zero-order chi connectivity index (χ0) is 42.5. The normalized spacial score (nSPS) is 13.8. The summed E-state index contributed by atoms with van der Waals surface area (Å²) in [5, 5.41) is 12.7. The number of aliphatic hydroxyl groups excluding tert-OH is 1. The van der Waals surface area contributed by atoms with E-state index in [4.69, 9.17) is 13.8 Å². The van der Waals surface area contributed by atoms with Crippen molar-refractivity contribution in [2.45, 2.75) is 206 Å². The number of hydrogen-bond donors (Lipinski definition) is 3. The molecule has 0 aromatic heterocycles. The molecule has 336 valence electrons. The minimum atomic E-state index is -4.43. The van der Waals surface area contributed by atoms with E-state index in [1.807, 2.05) is 0 Å². The summed E-state index contributed by atoms with van der Waals surface area (Å²) in [6, 6.07) is 0. The van der Waals surface area contributed by atoms with Crippen LogP contribution in [0.5, 0.6) is 0 Å². The molecule has 0 aliphatic rings. The Morgan fingerprint density at radius 3 is 1.45 bits per heavy atom. The highest BCUT2D eigenvalue weighted by Gasteiger charge is 2.23.